The van der Waals surface area contributed by atoms with Crippen molar-refractivity contribution in [3.8, 4) is 5.75 Å². The van der Waals surface area contributed by atoms with E-state index in [1.54, 1.807) is 7.11 Å². The Morgan fingerprint density at radius 1 is 1.50 bits per heavy atom. The van der Waals surface area contributed by atoms with E-state index in [0.717, 1.165) is 42.7 Å². The number of ether oxygens (including phenoxy) is 2. The smallest absolute Gasteiger partial charge is 0.125 e. The van der Waals surface area contributed by atoms with Crippen LogP contribution < -0.4 is 16.0 Å². The lowest BCUT2D eigenvalue weighted by Crippen LogP contribution is -2.38. The molecule has 2 atom stereocenters. The zero-order valence-corrected chi connectivity index (χ0v) is 13.7. The van der Waals surface area contributed by atoms with Crippen LogP contribution in [0.4, 0.5) is 0 Å². The van der Waals surface area contributed by atoms with Gasteiger partial charge in [-0.15, -0.1) is 0 Å². The Morgan fingerprint density at radius 2 is 2.30 bits per heavy atom. The maximum absolute atomic E-state index is 5.77. The second-order valence-corrected chi connectivity index (χ2v) is 6.43. The number of rotatable bonds is 7. The molecule has 1 aromatic rings. The van der Waals surface area contributed by atoms with Gasteiger partial charge in [0.1, 0.15) is 5.75 Å². The molecule has 0 bridgehead atoms. The summed E-state index contributed by atoms with van der Waals surface area (Å²) in [5.41, 5.74) is 5.43. The number of halogens is 1. The Morgan fingerprint density at radius 3 is 3.00 bits per heavy atom. The van der Waals surface area contributed by atoms with Crippen LogP contribution in [0.1, 0.15) is 24.5 Å². The number of hydrogen-bond acceptors (Lipinski definition) is 4. The molecule has 2 unspecified atom stereocenters. The van der Waals surface area contributed by atoms with Crippen molar-refractivity contribution in [1.82, 2.24) is 5.43 Å². The van der Waals surface area contributed by atoms with Crippen molar-refractivity contribution in [2.24, 2.45) is 11.8 Å². The summed E-state index contributed by atoms with van der Waals surface area (Å²) in [6.07, 6.45) is 2.83. The van der Waals surface area contributed by atoms with Crippen molar-refractivity contribution >= 4 is 15.9 Å². The van der Waals surface area contributed by atoms with E-state index in [1.807, 2.05) is 0 Å². The van der Waals surface area contributed by atoms with E-state index in [-0.39, 0.29) is 6.04 Å². The largest absolute Gasteiger partial charge is 0.493 e. The van der Waals surface area contributed by atoms with Crippen LogP contribution in [0.3, 0.4) is 0 Å². The molecular formula is C15H23BrN2O2. The highest BCUT2D eigenvalue weighted by molar-refractivity contribution is 9.10. The SMILES string of the molecule is COCC(C)CC(Cc1cc(Br)cc2c1OCC2)NN. The van der Waals surface area contributed by atoms with E-state index in [1.165, 1.54) is 11.1 Å². The van der Waals surface area contributed by atoms with Gasteiger partial charge in [0, 0.05) is 30.7 Å². The summed E-state index contributed by atoms with van der Waals surface area (Å²) in [6, 6.07) is 4.50. The maximum atomic E-state index is 5.77. The van der Waals surface area contributed by atoms with Crippen LogP contribution in [-0.2, 0) is 17.6 Å². The van der Waals surface area contributed by atoms with Crippen LogP contribution in [0.25, 0.3) is 0 Å². The third kappa shape index (κ3) is 3.95. The number of fused-ring (bicyclic) bond motifs is 1. The topological polar surface area (TPSA) is 56.5 Å². The van der Waals surface area contributed by atoms with Gasteiger partial charge < -0.3 is 9.47 Å². The third-order valence-corrected chi connectivity index (χ3v) is 4.12. The van der Waals surface area contributed by atoms with Crippen LogP contribution in [0, 0.1) is 5.92 Å². The van der Waals surface area contributed by atoms with Crippen LogP contribution in [0.15, 0.2) is 16.6 Å². The molecule has 3 N–H and O–H groups in total. The van der Waals surface area contributed by atoms with Crippen molar-refractivity contribution in [3.63, 3.8) is 0 Å². The lowest BCUT2D eigenvalue weighted by molar-refractivity contribution is 0.149. The monoisotopic (exact) mass is 342 g/mol. The van der Waals surface area contributed by atoms with Gasteiger partial charge >= 0.3 is 0 Å². The molecule has 1 aromatic carbocycles. The Labute approximate surface area is 129 Å². The molecule has 0 amide bonds. The van der Waals surface area contributed by atoms with Gasteiger partial charge in [-0.3, -0.25) is 11.3 Å². The minimum Gasteiger partial charge on any atom is -0.493 e. The van der Waals surface area contributed by atoms with E-state index in [4.69, 9.17) is 15.3 Å². The number of nitrogens with two attached hydrogens (primary N) is 1. The standard InChI is InChI=1S/C15H23BrN2O2/c1-10(9-19-2)5-14(18-17)8-12-7-13(16)6-11-3-4-20-15(11)12/h6-7,10,14,18H,3-5,8-9,17H2,1-2H3. The molecule has 0 aliphatic carbocycles. The van der Waals surface area contributed by atoms with E-state index in [0.29, 0.717) is 5.92 Å². The fourth-order valence-electron chi connectivity index (χ4n) is 2.81. The number of nitrogens with one attached hydrogen (secondary N) is 1. The van der Waals surface area contributed by atoms with Gasteiger partial charge in [-0.05, 0) is 42.0 Å². The lowest BCUT2D eigenvalue weighted by Gasteiger charge is -2.21. The summed E-state index contributed by atoms with van der Waals surface area (Å²) in [6.45, 7) is 3.71. The first-order valence-electron chi connectivity index (χ1n) is 7.03. The molecule has 1 aliphatic heterocycles. The van der Waals surface area contributed by atoms with Gasteiger partial charge in [-0.2, -0.15) is 0 Å². The first-order valence-corrected chi connectivity index (χ1v) is 7.82. The van der Waals surface area contributed by atoms with Crippen LogP contribution in [0.5, 0.6) is 5.75 Å². The van der Waals surface area contributed by atoms with E-state index in [2.05, 4.69) is 40.4 Å². The van der Waals surface area contributed by atoms with Crippen LogP contribution >= 0.6 is 15.9 Å². The number of hydrogen-bond donors (Lipinski definition) is 2. The Balaban J connectivity index is 2.08. The summed E-state index contributed by atoms with van der Waals surface area (Å²) in [5.74, 6) is 7.23. The first-order chi connectivity index (χ1) is 9.63. The normalized spacial score (nSPS) is 16.6. The zero-order valence-electron chi connectivity index (χ0n) is 12.1. The van der Waals surface area contributed by atoms with Gasteiger partial charge in [0.15, 0.2) is 0 Å². The quantitative estimate of drug-likeness (QED) is 0.590. The molecule has 1 aliphatic rings. The van der Waals surface area contributed by atoms with Crippen molar-refractivity contribution in [2.45, 2.75) is 32.2 Å². The molecule has 0 aromatic heterocycles. The summed E-state index contributed by atoms with van der Waals surface area (Å²) < 4.78 is 12.1. The van der Waals surface area contributed by atoms with Crippen molar-refractivity contribution < 1.29 is 9.47 Å². The number of benzene rings is 1. The van der Waals surface area contributed by atoms with Gasteiger partial charge in [0.05, 0.1) is 6.61 Å². The van der Waals surface area contributed by atoms with Crippen molar-refractivity contribution in [3.05, 3.63) is 27.7 Å². The molecule has 2 rings (SSSR count). The summed E-state index contributed by atoms with van der Waals surface area (Å²) in [5, 5.41) is 0. The Bertz CT molecular complexity index is 454. The highest BCUT2D eigenvalue weighted by Crippen LogP contribution is 2.34. The Kier molecular flexibility index (Phi) is 5.84. The van der Waals surface area contributed by atoms with E-state index < -0.39 is 0 Å². The zero-order chi connectivity index (χ0) is 14.5. The van der Waals surface area contributed by atoms with Crippen molar-refractivity contribution in [2.75, 3.05) is 20.3 Å². The predicted molar refractivity (Wildman–Crippen MR) is 83.8 cm³/mol. The molecule has 4 nitrogen and oxygen atoms in total. The van der Waals surface area contributed by atoms with Crippen LogP contribution in [-0.4, -0.2) is 26.4 Å². The van der Waals surface area contributed by atoms with Crippen LogP contribution in [0.2, 0.25) is 0 Å². The molecular weight excluding hydrogens is 320 g/mol. The average molecular weight is 343 g/mol. The fourth-order valence-corrected chi connectivity index (χ4v) is 3.36. The van der Waals surface area contributed by atoms with E-state index in [9.17, 15) is 0 Å². The molecule has 20 heavy (non-hydrogen) atoms. The second kappa shape index (κ2) is 7.41. The molecule has 0 spiro atoms. The summed E-state index contributed by atoms with van der Waals surface area (Å²) in [7, 11) is 1.73. The minimum atomic E-state index is 0.225. The second-order valence-electron chi connectivity index (χ2n) is 5.52. The first kappa shape index (κ1) is 15.8. The summed E-state index contributed by atoms with van der Waals surface area (Å²) >= 11 is 3.58. The molecule has 0 radical (unpaired) electrons. The van der Waals surface area contributed by atoms with Crippen molar-refractivity contribution in [1.29, 1.82) is 0 Å². The third-order valence-electron chi connectivity index (χ3n) is 3.67. The fraction of sp³-hybridized carbons (Fsp3) is 0.600. The maximum Gasteiger partial charge on any atom is 0.125 e. The average Bonchev–Trinajstić information content (AvgIpc) is 2.86. The van der Waals surface area contributed by atoms with E-state index >= 15 is 0 Å². The predicted octanol–water partition coefficient (Wildman–Crippen LogP) is 2.43. The molecule has 0 saturated heterocycles. The highest BCUT2D eigenvalue weighted by atomic mass is 79.9. The van der Waals surface area contributed by atoms with Gasteiger partial charge in [-0.1, -0.05) is 22.9 Å². The number of methoxy groups -OCH3 is 1. The van der Waals surface area contributed by atoms with Gasteiger partial charge in [0.2, 0.25) is 0 Å². The number of hydrazine groups is 1. The molecule has 1 heterocycles. The van der Waals surface area contributed by atoms with Gasteiger partial charge in [0.25, 0.3) is 0 Å². The molecule has 112 valence electrons. The van der Waals surface area contributed by atoms with Gasteiger partial charge in [-0.25, -0.2) is 0 Å². The Hall–Kier alpha value is -0.620. The minimum absolute atomic E-state index is 0.225. The molecule has 0 fully saturated rings. The molecule has 5 heteroatoms. The lowest BCUT2D eigenvalue weighted by atomic mass is 9.95. The molecule has 0 saturated carbocycles. The summed E-state index contributed by atoms with van der Waals surface area (Å²) in [4.78, 5) is 0. The highest BCUT2D eigenvalue weighted by Gasteiger charge is 2.20.